The molecule has 5 nitrogen and oxygen atoms in total. The predicted molar refractivity (Wildman–Crippen MR) is 109 cm³/mol. The molecule has 1 aliphatic carbocycles. The summed E-state index contributed by atoms with van der Waals surface area (Å²) in [5.74, 6) is -0.244. The smallest absolute Gasteiger partial charge is 0.254 e. The van der Waals surface area contributed by atoms with Crippen LogP contribution in [0, 0.1) is 5.82 Å². The van der Waals surface area contributed by atoms with Gasteiger partial charge in [0.15, 0.2) is 0 Å². The Hall–Kier alpha value is -3.28. The highest BCUT2D eigenvalue weighted by Crippen LogP contribution is 2.30. The highest BCUT2D eigenvalue weighted by Gasteiger charge is 2.24. The normalized spacial score (nSPS) is 15.2. The van der Waals surface area contributed by atoms with Crippen LogP contribution in [0.3, 0.4) is 0 Å². The fraction of sp³-hybridized carbons (Fsp3) is 0.261. The zero-order valence-corrected chi connectivity index (χ0v) is 16.2. The van der Waals surface area contributed by atoms with E-state index in [0.717, 1.165) is 18.4 Å². The lowest BCUT2D eigenvalue weighted by atomic mass is 10.1. The lowest BCUT2D eigenvalue weighted by Gasteiger charge is -2.17. The van der Waals surface area contributed by atoms with Crippen molar-refractivity contribution < 1.29 is 9.18 Å². The van der Waals surface area contributed by atoms with Crippen LogP contribution in [0.5, 0.6) is 0 Å². The lowest BCUT2D eigenvalue weighted by Crippen LogP contribution is -2.35. The van der Waals surface area contributed by atoms with Crippen LogP contribution in [0.1, 0.15) is 36.2 Å². The van der Waals surface area contributed by atoms with Crippen LogP contribution in [0.25, 0.3) is 11.4 Å². The summed E-state index contributed by atoms with van der Waals surface area (Å²) in [6.45, 7) is 1.77. The molecule has 1 atom stereocenters. The first-order valence-corrected chi connectivity index (χ1v) is 9.79. The van der Waals surface area contributed by atoms with Gasteiger partial charge in [0.1, 0.15) is 18.2 Å². The van der Waals surface area contributed by atoms with Crippen molar-refractivity contribution in [2.24, 2.45) is 0 Å². The fourth-order valence-electron chi connectivity index (χ4n) is 3.80. The van der Waals surface area contributed by atoms with Crippen LogP contribution in [0.2, 0.25) is 0 Å². The number of halogens is 1. The van der Waals surface area contributed by atoms with Gasteiger partial charge in [0, 0.05) is 17.3 Å². The molecule has 0 saturated heterocycles. The van der Waals surface area contributed by atoms with Gasteiger partial charge in [0.25, 0.3) is 5.56 Å². The van der Waals surface area contributed by atoms with Crippen LogP contribution < -0.4 is 10.9 Å². The number of hydrogen-bond acceptors (Lipinski definition) is 3. The van der Waals surface area contributed by atoms with Gasteiger partial charge in [-0.15, -0.1) is 0 Å². The zero-order chi connectivity index (χ0) is 20.4. The summed E-state index contributed by atoms with van der Waals surface area (Å²) in [5, 5.41) is 3.04. The predicted octanol–water partition coefficient (Wildman–Crippen LogP) is 3.42. The topological polar surface area (TPSA) is 64.0 Å². The molecule has 0 spiro atoms. The van der Waals surface area contributed by atoms with Gasteiger partial charge < -0.3 is 5.32 Å². The monoisotopic (exact) mass is 391 g/mol. The maximum Gasteiger partial charge on any atom is 0.254 e. The third kappa shape index (κ3) is 3.97. The second-order valence-electron chi connectivity index (χ2n) is 7.21. The van der Waals surface area contributed by atoms with Gasteiger partial charge >= 0.3 is 0 Å². The molecule has 2 aromatic carbocycles. The number of carbonyl (C=O) groups excluding carboxylic acids is 1. The molecular formula is C23H22FN3O2. The summed E-state index contributed by atoms with van der Waals surface area (Å²) in [5.41, 5.74) is 3.31. The number of rotatable bonds is 5. The van der Waals surface area contributed by atoms with Gasteiger partial charge in [-0.1, -0.05) is 31.2 Å². The average molecular weight is 391 g/mol. The summed E-state index contributed by atoms with van der Waals surface area (Å²) in [4.78, 5) is 30.0. The molecule has 1 unspecified atom stereocenters. The number of fused-ring (bicyclic) bond motifs is 1. The van der Waals surface area contributed by atoms with Gasteiger partial charge in [-0.2, -0.15) is 0 Å². The Labute approximate surface area is 168 Å². The summed E-state index contributed by atoms with van der Waals surface area (Å²) in [6.07, 6.45) is 2.36. The molecule has 0 fully saturated rings. The molecule has 1 aromatic heterocycles. The fourth-order valence-corrected chi connectivity index (χ4v) is 3.80. The largest absolute Gasteiger partial charge is 0.348 e. The molecule has 4 rings (SSSR count). The molecule has 29 heavy (non-hydrogen) atoms. The van der Waals surface area contributed by atoms with Crippen LogP contribution in [-0.2, 0) is 24.2 Å². The van der Waals surface area contributed by atoms with Crippen LogP contribution in [-0.4, -0.2) is 15.5 Å². The molecule has 1 amide bonds. The third-order valence-corrected chi connectivity index (χ3v) is 5.30. The first kappa shape index (κ1) is 19.1. The standard InChI is InChI=1S/C23H22FN3O2/c1-2-18-13-22(29)27(23(25-18)16-7-10-17(24)11-8-16)14-21(28)26-20-12-9-15-5-3-4-6-19(15)20/h3-8,10-11,13,20H,2,9,12,14H2,1H3,(H,26,28). The van der Waals surface area contributed by atoms with E-state index in [1.54, 1.807) is 12.1 Å². The van der Waals surface area contributed by atoms with Crippen LogP contribution in [0.15, 0.2) is 59.4 Å². The quantitative estimate of drug-likeness (QED) is 0.725. The van der Waals surface area contributed by atoms with Gasteiger partial charge in [0.2, 0.25) is 5.91 Å². The Bertz CT molecular complexity index is 1110. The summed E-state index contributed by atoms with van der Waals surface area (Å²) in [6, 6.07) is 15.2. The van der Waals surface area contributed by atoms with E-state index in [2.05, 4.69) is 16.4 Å². The van der Waals surface area contributed by atoms with Crippen molar-refractivity contribution in [3.63, 3.8) is 0 Å². The van der Waals surface area contributed by atoms with Crippen LogP contribution >= 0.6 is 0 Å². The number of benzene rings is 2. The second kappa shape index (κ2) is 7.99. The summed E-state index contributed by atoms with van der Waals surface area (Å²) < 4.78 is 14.7. The van der Waals surface area contributed by atoms with Gasteiger partial charge in [-0.05, 0) is 54.7 Å². The number of nitrogens with zero attached hydrogens (tertiary/aromatic N) is 2. The number of aromatic nitrogens is 2. The number of amides is 1. The summed E-state index contributed by atoms with van der Waals surface area (Å²) in [7, 11) is 0. The molecule has 6 heteroatoms. The van der Waals surface area contributed by atoms with E-state index in [4.69, 9.17) is 0 Å². The lowest BCUT2D eigenvalue weighted by molar-refractivity contribution is -0.122. The third-order valence-electron chi connectivity index (χ3n) is 5.30. The van der Waals surface area contributed by atoms with Crippen molar-refractivity contribution in [2.75, 3.05) is 0 Å². The zero-order valence-electron chi connectivity index (χ0n) is 16.2. The number of aryl methyl sites for hydroxylation is 2. The molecule has 148 valence electrons. The molecule has 3 aromatic rings. The van der Waals surface area contributed by atoms with E-state index < -0.39 is 0 Å². The highest BCUT2D eigenvalue weighted by atomic mass is 19.1. The van der Waals surface area contributed by atoms with Crippen molar-refractivity contribution in [3.05, 3.63) is 87.6 Å². The van der Waals surface area contributed by atoms with Crippen molar-refractivity contribution in [2.45, 2.75) is 38.8 Å². The maximum absolute atomic E-state index is 13.3. The minimum atomic E-state index is -0.369. The van der Waals surface area contributed by atoms with Crippen LogP contribution in [0.4, 0.5) is 4.39 Å². The Kier molecular flexibility index (Phi) is 5.25. The molecule has 1 aliphatic rings. The number of hydrogen-bond donors (Lipinski definition) is 1. The number of carbonyl (C=O) groups is 1. The Morgan fingerprint density at radius 2 is 1.97 bits per heavy atom. The highest BCUT2D eigenvalue weighted by molar-refractivity contribution is 5.77. The van der Waals surface area contributed by atoms with Gasteiger partial charge in [0.05, 0.1) is 6.04 Å². The second-order valence-corrected chi connectivity index (χ2v) is 7.21. The van der Waals surface area contributed by atoms with Crippen molar-refractivity contribution in [1.82, 2.24) is 14.9 Å². The average Bonchev–Trinajstić information content (AvgIpc) is 3.13. The van der Waals surface area contributed by atoms with Gasteiger partial charge in [-0.25, -0.2) is 9.37 Å². The van der Waals surface area contributed by atoms with E-state index in [0.29, 0.717) is 23.5 Å². The molecule has 0 aliphatic heterocycles. The van der Waals surface area contributed by atoms with Crippen molar-refractivity contribution >= 4 is 5.91 Å². The first-order chi connectivity index (χ1) is 14.0. The molecule has 1 heterocycles. The van der Waals surface area contributed by atoms with E-state index in [1.807, 2.05) is 25.1 Å². The Morgan fingerprint density at radius 3 is 2.72 bits per heavy atom. The van der Waals surface area contributed by atoms with E-state index >= 15 is 0 Å². The Morgan fingerprint density at radius 1 is 1.21 bits per heavy atom. The molecular weight excluding hydrogens is 369 g/mol. The van der Waals surface area contributed by atoms with E-state index in [1.165, 1.54) is 28.3 Å². The minimum Gasteiger partial charge on any atom is -0.348 e. The minimum absolute atomic E-state index is 0.0495. The maximum atomic E-state index is 13.3. The van der Waals surface area contributed by atoms with E-state index in [9.17, 15) is 14.0 Å². The van der Waals surface area contributed by atoms with Gasteiger partial charge in [-0.3, -0.25) is 14.2 Å². The van der Waals surface area contributed by atoms with E-state index in [-0.39, 0.29) is 29.9 Å². The Balaban J connectivity index is 1.62. The molecule has 0 saturated carbocycles. The summed E-state index contributed by atoms with van der Waals surface area (Å²) >= 11 is 0. The first-order valence-electron chi connectivity index (χ1n) is 9.79. The van der Waals surface area contributed by atoms with Crippen molar-refractivity contribution in [1.29, 1.82) is 0 Å². The number of nitrogens with one attached hydrogen (secondary N) is 1. The molecule has 0 bridgehead atoms. The molecule has 0 radical (unpaired) electrons. The molecule has 1 N–H and O–H groups in total. The van der Waals surface area contributed by atoms with Crippen molar-refractivity contribution in [3.8, 4) is 11.4 Å². The SMILES string of the molecule is CCc1cc(=O)n(CC(=O)NC2CCc3ccccc32)c(-c2ccc(F)cc2)n1.